The first-order valence-electron chi connectivity index (χ1n) is 8.78. The van der Waals surface area contributed by atoms with Crippen molar-refractivity contribution in [2.24, 2.45) is 0 Å². The number of rotatable bonds is 8. The second-order valence-electron chi connectivity index (χ2n) is 6.21. The van der Waals surface area contributed by atoms with Gasteiger partial charge in [0.15, 0.2) is 11.5 Å². The van der Waals surface area contributed by atoms with Gasteiger partial charge in [0.25, 0.3) is 0 Å². The quantitative estimate of drug-likeness (QED) is 0.649. The summed E-state index contributed by atoms with van der Waals surface area (Å²) < 4.78 is 18.2. The molecule has 3 aromatic rings. The van der Waals surface area contributed by atoms with E-state index >= 15 is 0 Å². The largest absolute Gasteiger partial charge is 0.493 e. The van der Waals surface area contributed by atoms with Crippen molar-refractivity contribution in [2.75, 3.05) is 26.6 Å². The summed E-state index contributed by atoms with van der Waals surface area (Å²) in [5.41, 5.74) is 2.23. The summed E-state index contributed by atoms with van der Waals surface area (Å²) in [6, 6.07) is 16.1. The molecule has 6 heteroatoms. The number of anilines is 1. The third-order valence-corrected chi connectivity index (χ3v) is 4.38. The summed E-state index contributed by atoms with van der Waals surface area (Å²) in [7, 11) is 4.83. The van der Waals surface area contributed by atoms with Gasteiger partial charge in [-0.05, 0) is 30.2 Å². The molecule has 0 aliphatic carbocycles. The van der Waals surface area contributed by atoms with Crippen molar-refractivity contribution in [2.45, 2.75) is 19.5 Å². The number of hydrogen-bond acceptors (Lipinski definition) is 5. The average Bonchev–Trinajstić information content (AvgIpc) is 3.14. The van der Waals surface area contributed by atoms with Gasteiger partial charge < -0.3 is 19.5 Å². The molecule has 1 aromatic heterocycles. The first-order chi connectivity index (χ1) is 13.1. The third kappa shape index (κ3) is 4.34. The number of nitrogens with one attached hydrogen (secondary N) is 1. The number of aromatic nitrogens is 2. The Morgan fingerprint density at radius 3 is 2.22 bits per heavy atom. The standard InChI is InChI=1S/C21H25N3O3/c1-15(17-12-18(25-2)21(27-4)19(13-17)26-3)22-20-10-11-24(23-20)14-16-8-6-5-7-9-16/h5-13,15H,14H2,1-4H3,(H,22,23). The van der Waals surface area contributed by atoms with Crippen LogP contribution in [0.2, 0.25) is 0 Å². The van der Waals surface area contributed by atoms with Gasteiger partial charge in [-0.15, -0.1) is 0 Å². The maximum atomic E-state index is 5.44. The van der Waals surface area contributed by atoms with Gasteiger partial charge in [-0.3, -0.25) is 4.68 Å². The Morgan fingerprint density at radius 2 is 1.63 bits per heavy atom. The molecule has 0 bridgehead atoms. The maximum Gasteiger partial charge on any atom is 0.203 e. The molecule has 0 amide bonds. The third-order valence-electron chi connectivity index (χ3n) is 4.38. The van der Waals surface area contributed by atoms with Crippen LogP contribution in [0.1, 0.15) is 24.1 Å². The van der Waals surface area contributed by atoms with E-state index in [1.165, 1.54) is 5.56 Å². The summed E-state index contributed by atoms with van der Waals surface area (Å²) in [5, 5.41) is 8.03. The van der Waals surface area contributed by atoms with Gasteiger partial charge in [0, 0.05) is 12.3 Å². The van der Waals surface area contributed by atoms with Crippen molar-refractivity contribution in [1.29, 1.82) is 0 Å². The summed E-state index contributed by atoms with van der Waals surface area (Å²) in [4.78, 5) is 0. The SMILES string of the molecule is COc1cc(C(C)Nc2ccn(Cc3ccccc3)n2)cc(OC)c1OC. The summed E-state index contributed by atoms with van der Waals surface area (Å²) >= 11 is 0. The van der Waals surface area contributed by atoms with E-state index < -0.39 is 0 Å². The van der Waals surface area contributed by atoms with Crippen LogP contribution in [0.5, 0.6) is 17.2 Å². The molecule has 142 valence electrons. The summed E-state index contributed by atoms with van der Waals surface area (Å²) in [6.07, 6.45) is 1.97. The van der Waals surface area contributed by atoms with Crippen molar-refractivity contribution in [1.82, 2.24) is 9.78 Å². The van der Waals surface area contributed by atoms with Crippen LogP contribution in [-0.4, -0.2) is 31.1 Å². The Kier molecular flexibility index (Phi) is 5.86. The Morgan fingerprint density at radius 1 is 0.963 bits per heavy atom. The molecule has 0 aliphatic heterocycles. The molecular formula is C21H25N3O3. The number of nitrogens with zero attached hydrogens (tertiary/aromatic N) is 2. The van der Waals surface area contributed by atoms with Crippen molar-refractivity contribution in [3.8, 4) is 17.2 Å². The highest BCUT2D eigenvalue weighted by atomic mass is 16.5. The van der Waals surface area contributed by atoms with Crippen LogP contribution in [0.3, 0.4) is 0 Å². The number of benzene rings is 2. The predicted molar refractivity (Wildman–Crippen MR) is 106 cm³/mol. The van der Waals surface area contributed by atoms with Crippen molar-refractivity contribution in [3.05, 3.63) is 65.9 Å². The molecule has 1 unspecified atom stereocenters. The van der Waals surface area contributed by atoms with Gasteiger partial charge in [0.1, 0.15) is 5.82 Å². The lowest BCUT2D eigenvalue weighted by atomic mass is 10.1. The zero-order chi connectivity index (χ0) is 19.2. The van der Waals surface area contributed by atoms with Gasteiger partial charge in [-0.1, -0.05) is 30.3 Å². The monoisotopic (exact) mass is 367 g/mol. The zero-order valence-electron chi connectivity index (χ0n) is 16.1. The second-order valence-corrected chi connectivity index (χ2v) is 6.21. The van der Waals surface area contributed by atoms with E-state index in [0.717, 1.165) is 17.9 Å². The Bertz CT molecular complexity index is 852. The maximum absolute atomic E-state index is 5.44. The second kappa shape index (κ2) is 8.49. The van der Waals surface area contributed by atoms with Crippen LogP contribution < -0.4 is 19.5 Å². The van der Waals surface area contributed by atoms with Crippen LogP contribution >= 0.6 is 0 Å². The zero-order valence-corrected chi connectivity index (χ0v) is 16.1. The van der Waals surface area contributed by atoms with Crippen LogP contribution in [0, 0.1) is 0 Å². The summed E-state index contributed by atoms with van der Waals surface area (Å²) in [6.45, 7) is 2.80. The normalized spacial score (nSPS) is 11.7. The Labute approximate surface area is 159 Å². The number of methoxy groups -OCH3 is 3. The lowest BCUT2D eigenvalue weighted by molar-refractivity contribution is 0.323. The van der Waals surface area contributed by atoms with Crippen LogP contribution in [0.4, 0.5) is 5.82 Å². The van der Waals surface area contributed by atoms with Crippen molar-refractivity contribution >= 4 is 5.82 Å². The molecular weight excluding hydrogens is 342 g/mol. The molecule has 0 fully saturated rings. The van der Waals surface area contributed by atoms with Crippen molar-refractivity contribution < 1.29 is 14.2 Å². The topological polar surface area (TPSA) is 57.5 Å². The molecule has 0 saturated heterocycles. The highest BCUT2D eigenvalue weighted by Gasteiger charge is 2.17. The minimum atomic E-state index is 0.0128. The lowest BCUT2D eigenvalue weighted by Crippen LogP contribution is -2.09. The van der Waals surface area contributed by atoms with Crippen LogP contribution in [0.15, 0.2) is 54.7 Å². The van der Waals surface area contributed by atoms with E-state index in [1.807, 2.05) is 47.3 Å². The Hall–Kier alpha value is -3.15. The Balaban J connectivity index is 1.75. The molecule has 0 aliphatic rings. The summed E-state index contributed by atoms with van der Waals surface area (Å²) in [5.74, 6) is 2.67. The van der Waals surface area contributed by atoms with Crippen LogP contribution in [-0.2, 0) is 6.54 Å². The fraction of sp³-hybridized carbons (Fsp3) is 0.286. The van der Waals surface area contributed by atoms with E-state index in [2.05, 4.69) is 29.5 Å². The fourth-order valence-electron chi connectivity index (χ4n) is 2.95. The highest BCUT2D eigenvalue weighted by molar-refractivity contribution is 5.55. The van der Waals surface area contributed by atoms with E-state index in [4.69, 9.17) is 14.2 Å². The molecule has 6 nitrogen and oxygen atoms in total. The van der Waals surface area contributed by atoms with Crippen LogP contribution in [0.25, 0.3) is 0 Å². The number of hydrogen-bond donors (Lipinski definition) is 1. The fourth-order valence-corrected chi connectivity index (χ4v) is 2.95. The molecule has 27 heavy (non-hydrogen) atoms. The van der Waals surface area contributed by atoms with Gasteiger partial charge >= 0.3 is 0 Å². The molecule has 2 aromatic carbocycles. The smallest absolute Gasteiger partial charge is 0.203 e. The minimum absolute atomic E-state index is 0.0128. The van der Waals surface area contributed by atoms with E-state index in [0.29, 0.717) is 17.2 Å². The highest BCUT2D eigenvalue weighted by Crippen LogP contribution is 2.40. The molecule has 1 N–H and O–H groups in total. The number of ether oxygens (including phenoxy) is 3. The van der Waals surface area contributed by atoms with Gasteiger partial charge in [-0.2, -0.15) is 5.10 Å². The minimum Gasteiger partial charge on any atom is -0.493 e. The van der Waals surface area contributed by atoms with E-state index in [9.17, 15) is 0 Å². The van der Waals surface area contributed by atoms with Gasteiger partial charge in [0.2, 0.25) is 5.75 Å². The van der Waals surface area contributed by atoms with E-state index in [1.54, 1.807) is 21.3 Å². The molecule has 1 atom stereocenters. The first kappa shape index (κ1) is 18.6. The predicted octanol–water partition coefficient (Wildman–Crippen LogP) is 4.13. The van der Waals surface area contributed by atoms with Crippen molar-refractivity contribution in [3.63, 3.8) is 0 Å². The molecule has 3 rings (SSSR count). The molecule has 0 radical (unpaired) electrons. The van der Waals surface area contributed by atoms with Gasteiger partial charge in [-0.25, -0.2) is 0 Å². The molecule has 0 saturated carbocycles. The lowest BCUT2D eigenvalue weighted by Gasteiger charge is -2.18. The van der Waals surface area contributed by atoms with Gasteiger partial charge in [0.05, 0.1) is 33.9 Å². The first-order valence-corrected chi connectivity index (χ1v) is 8.78. The molecule has 1 heterocycles. The molecule has 0 spiro atoms. The van der Waals surface area contributed by atoms with E-state index in [-0.39, 0.29) is 6.04 Å². The average molecular weight is 367 g/mol.